The first-order valence-electron chi connectivity index (χ1n) is 6.94. The quantitative estimate of drug-likeness (QED) is 0.904. The summed E-state index contributed by atoms with van der Waals surface area (Å²) < 4.78 is 10.6. The van der Waals surface area contributed by atoms with E-state index in [1.165, 1.54) is 0 Å². The van der Waals surface area contributed by atoms with Crippen molar-refractivity contribution in [2.24, 2.45) is 0 Å². The van der Waals surface area contributed by atoms with Crippen LogP contribution in [0.2, 0.25) is 5.02 Å². The van der Waals surface area contributed by atoms with Crippen LogP contribution in [0.4, 0.5) is 5.69 Å². The summed E-state index contributed by atoms with van der Waals surface area (Å²) in [6.07, 6.45) is 1.84. The molecule has 118 valence electrons. The van der Waals surface area contributed by atoms with Crippen molar-refractivity contribution in [3.8, 4) is 11.5 Å². The summed E-state index contributed by atoms with van der Waals surface area (Å²) in [6, 6.07) is 3.57. The normalized spacial score (nSPS) is 11.9. The summed E-state index contributed by atoms with van der Waals surface area (Å²) in [4.78, 5) is 8.66. The molecule has 1 atom stereocenters. The largest absolute Gasteiger partial charge is 0.495 e. The summed E-state index contributed by atoms with van der Waals surface area (Å²) in [6.45, 7) is 5.89. The number of ether oxygens (including phenoxy) is 2. The molecule has 0 unspecified atom stereocenters. The molecule has 2 rings (SSSR count). The van der Waals surface area contributed by atoms with Gasteiger partial charge in [-0.1, -0.05) is 11.6 Å². The van der Waals surface area contributed by atoms with Gasteiger partial charge in [-0.15, -0.1) is 0 Å². The third-order valence-electron chi connectivity index (χ3n) is 3.45. The number of aromatic nitrogens is 2. The van der Waals surface area contributed by atoms with Gasteiger partial charge in [0.05, 0.1) is 31.0 Å². The van der Waals surface area contributed by atoms with E-state index in [2.05, 4.69) is 15.3 Å². The highest BCUT2D eigenvalue weighted by Gasteiger charge is 2.15. The van der Waals surface area contributed by atoms with Gasteiger partial charge in [-0.2, -0.15) is 0 Å². The first-order valence-corrected chi connectivity index (χ1v) is 7.32. The molecule has 0 aliphatic heterocycles. The highest BCUT2D eigenvalue weighted by Crippen LogP contribution is 2.37. The number of halogens is 1. The maximum Gasteiger partial charge on any atom is 0.143 e. The number of rotatable bonds is 5. The van der Waals surface area contributed by atoms with E-state index in [9.17, 15) is 0 Å². The van der Waals surface area contributed by atoms with E-state index >= 15 is 0 Å². The van der Waals surface area contributed by atoms with Gasteiger partial charge in [0.15, 0.2) is 0 Å². The summed E-state index contributed by atoms with van der Waals surface area (Å²) in [5.74, 6) is 2.01. The van der Waals surface area contributed by atoms with E-state index < -0.39 is 0 Å². The van der Waals surface area contributed by atoms with E-state index in [1.54, 1.807) is 20.3 Å². The molecule has 1 heterocycles. The lowest BCUT2D eigenvalue weighted by Gasteiger charge is -2.20. The van der Waals surface area contributed by atoms with Gasteiger partial charge >= 0.3 is 0 Å². The number of anilines is 1. The third kappa shape index (κ3) is 3.42. The van der Waals surface area contributed by atoms with Crippen LogP contribution in [-0.4, -0.2) is 24.2 Å². The Balaban J connectivity index is 2.32. The number of hydrogen-bond donors (Lipinski definition) is 1. The zero-order chi connectivity index (χ0) is 16.3. The van der Waals surface area contributed by atoms with Crippen LogP contribution in [0.5, 0.6) is 11.5 Å². The summed E-state index contributed by atoms with van der Waals surface area (Å²) in [7, 11) is 3.19. The molecule has 0 aliphatic carbocycles. The predicted octanol–water partition coefficient (Wildman–Crippen LogP) is 3.94. The van der Waals surface area contributed by atoms with Crippen molar-refractivity contribution in [1.82, 2.24) is 9.97 Å². The summed E-state index contributed by atoms with van der Waals surface area (Å²) in [5.41, 5.74) is 2.78. The molecule has 0 saturated carbocycles. The second-order valence-electron chi connectivity index (χ2n) is 5.01. The molecular formula is C16H20ClN3O2. The molecule has 0 spiro atoms. The van der Waals surface area contributed by atoms with E-state index in [4.69, 9.17) is 21.1 Å². The topological polar surface area (TPSA) is 56.3 Å². The van der Waals surface area contributed by atoms with Crippen LogP contribution in [0, 0.1) is 13.8 Å². The zero-order valence-electron chi connectivity index (χ0n) is 13.4. The number of benzene rings is 1. The summed E-state index contributed by atoms with van der Waals surface area (Å²) >= 11 is 6.12. The Bertz CT molecular complexity index is 677. The Morgan fingerprint density at radius 3 is 2.41 bits per heavy atom. The van der Waals surface area contributed by atoms with Crippen LogP contribution < -0.4 is 14.8 Å². The second-order valence-corrected chi connectivity index (χ2v) is 5.42. The summed E-state index contributed by atoms with van der Waals surface area (Å²) in [5, 5.41) is 3.90. The van der Waals surface area contributed by atoms with Crippen molar-refractivity contribution in [3.63, 3.8) is 0 Å². The predicted molar refractivity (Wildman–Crippen MR) is 88.1 cm³/mol. The van der Waals surface area contributed by atoms with E-state index in [1.807, 2.05) is 33.0 Å². The minimum Gasteiger partial charge on any atom is -0.495 e. The molecule has 0 aliphatic rings. The van der Waals surface area contributed by atoms with Crippen LogP contribution in [0.25, 0.3) is 0 Å². The van der Waals surface area contributed by atoms with Crippen molar-refractivity contribution in [2.45, 2.75) is 26.8 Å². The lowest BCUT2D eigenvalue weighted by Crippen LogP contribution is -2.11. The SMILES string of the molecule is COc1cc(N[C@@H](C)c2cnc(C)nc2C)c(OC)cc1Cl. The molecule has 6 heteroatoms. The fourth-order valence-electron chi connectivity index (χ4n) is 2.30. The second kappa shape index (κ2) is 6.83. The molecule has 0 fully saturated rings. The molecule has 0 bridgehead atoms. The third-order valence-corrected chi connectivity index (χ3v) is 3.75. The molecule has 22 heavy (non-hydrogen) atoms. The van der Waals surface area contributed by atoms with Crippen LogP contribution in [0.15, 0.2) is 18.3 Å². The molecular weight excluding hydrogens is 302 g/mol. The molecule has 1 aromatic carbocycles. The lowest BCUT2D eigenvalue weighted by molar-refractivity contribution is 0.404. The van der Waals surface area contributed by atoms with Gasteiger partial charge in [0.25, 0.3) is 0 Å². The molecule has 1 N–H and O–H groups in total. The van der Waals surface area contributed by atoms with Gasteiger partial charge in [0, 0.05) is 29.6 Å². The van der Waals surface area contributed by atoms with Crippen molar-refractivity contribution < 1.29 is 9.47 Å². The Morgan fingerprint density at radius 1 is 1.14 bits per heavy atom. The Hall–Kier alpha value is -2.01. The van der Waals surface area contributed by atoms with Gasteiger partial charge < -0.3 is 14.8 Å². The average Bonchev–Trinajstić information content (AvgIpc) is 2.48. The molecule has 2 aromatic rings. The number of aryl methyl sites for hydroxylation is 2. The Kier molecular flexibility index (Phi) is 5.08. The first kappa shape index (κ1) is 16.4. The highest BCUT2D eigenvalue weighted by molar-refractivity contribution is 6.32. The smallest absolute Gasteiger partial charge is 0.143 e. The van der Waals surface area contributed by atoms with Crippen LogP contribution >= 0.6 is 11.6 Å². The van der Waals surface area contributed by atoms with Crippen molar-refractivity contribution in [1.29, 1.82) is 0 Å². The van der Waals surface area contributed by atoms with Gasteiger partial charge in [0.1, 0.15) is 17.3 Å². The highest BCUT2D eigenvalue weighted by atomic mass is 35.5. The number of methoxy groups -OCH3 is 2. The zero-order valence-corrected chi connectivity index (χ0v) is 14.2. The minimum atomic E-state index is 0.0142. The molecule has 0 amide bonds. The average molecular weight is 322 g/mol. The minimum absolute atomic E-state index is 0.0142. The fraction of sp³-hybridized carbons (Fsp3) is 0.375. The lowest BCUT2D eigenvalue weighted by atomic mass is 10.1. The maximum absolute atomic E-state index is 6.12. The first-order chi connectivity index (χ1) is 10.5. The van der Waals surface area contributed by atoms with Crippen LogP contribution in [0.3, 0.4) is 0 Å². The number of nitrogens with zero attached hydrogens (tertiary/aromatic N) is 2. The Morgan fingerprint density at radius 2 is 1.82 bits per heavy atom. The Labute approximate surface area is 135 Å². The van der Waals surface area contributed by atoms with Crippen molar-refractivity contribution >= 4 is 17.3 Å². The number of hydrogen-bond acceptors (Lipinski definition) is 5. The van der Waals surface area contributed by atoms with Gasteiger partial charge in [-0.25, -0.2) is 9.97 Å². The molecule has 0 saturated heterocycles. The monoisotopic (exact) mass is 321 g/mol. The molecule has 0 radical (unpaired) electrons. The van der Waals surface area contributed by atoms with E-state index in [0.29, 0.717) is 16.5 Å². The van der Waals surface area contributed by atoms with Gasteiger partial charge in [-0.3, -0.25) is 0 Å². The van der Waals surface area contributed by atoms with Crippen LogP contribution in [0.1, 0.15) is 30.0 Å². The van der Waals surface area contributed by atoms with Crippen LogP contribution in [-0.2, 0) is 0 Å². The van der Waals surface area contributed by atoms with Gasteiger partial charge in [0.2, 0.25) is 0 Å². The van der Waals surface area contributed by atoms with Crippen molar-refractivity contribution in [3.05, 3.63) is 40.4 Å². The van der Waals surface area contributed by atoms with E-state index in [-0.39, 0.29) is 6.04 Å². The van der Waals surface area contributed by atoms with E-state index in [0.717, 1.165) is 22.8 Å². The fourth-order valence-corrected chi connectivity index (χ4v) is 2.53. The number of nitrogens with one attached hydrogen (secondary N) is 1. The maximum atomic E-state index is 6.12. The van der Waals surface area contributed by atoms with Crippen molar-refractivity contribution in [2.75, 3.05) is 19.5 Å². The molecule has 1 aromatic heterocycles. The molecule has 5 nitrogen and oxygen atoms in total. The van der Waals surface area contributed by atoms with Gasteiger partial charge in [-0.05, 0) is 20.8 Å². The standard InChI is InChI=1S/C16H20ClN3O2/c1-9-12(8-18-11(3)19-9)10(2)20-14-7-15(21-4)13(17)6-16(14)22-5/h6-8,10,20H,1-5H3/t10-/m0/s1.